The average Bonchev–Trinajstić information content (AvgIpc) is 3.08. The van der Waals surface area contributed by atoms with Gasteiger partial charge in [0.15, 0.2) is 5.44 Å². The predicted molar refractivity (Wildman–Crippen MR) is 221 cm³/mol. The summed E-state index contributed by atoms with van der Waals surface area (Å²) in [6.45, 7) is 15.5. The van der Waals surface area contributed by atoms with E-state index < -0.39 is 0 Å². The highest BCUT2D eigenvalue weighted by Gasteiger charge is 2.27. The molecule has 48 heavy (non-hydrogen) atoms. The maximum atomic E-state index is 7.08. The lowest BCUT2D eigenvalue weighted by molar-refractivity contribution is 0.0277. The molecule has 0 aliphatic carbocycles. The SMILES string of the molecule is CCCCSSC(OC(CCC(C)(C)SSC(OC(C)C)c1ccccc1)Cc1ccc(C(ON)SSC(C)C)cc1)c1ccccc1. The molecule has 2 N–H and O–H groups in total. The molecule has 0 heterocycles. The lowest BCUT2D eigenvalue weighted by atomic mass is 9.98. The van der Waals surface area contributed by atoms with Gasteiger partial charge in [-0.2, -0.15) is 0 Å². The number of nitrogens with two attached hydrogens (primary N) is 1. The van der Waals surface area contributed by atoms with Gasteiger partial charge in [0.2, 0.25) is 0 Å². The molecule has 4 atom stereocenters. The Morgan fingerprint density at radius 2 is 1.27 bits per heavy atom. The van der Waals surface area contributed by atoms with Crippen molar-refractivity contribution in [1.29, 1.82) is 0 Å². The number of unbranched alkanes of at least 4 members (excludes halogenated alkanes) is 1. The molecule has 0 radical (unpaired) electrons. The molecule has 0 bridgehead atoms. The van der Waals surface area contributed by atoms with Crippen LogP contribution in [0.2, 0.25) is 0 Å². The molecule has 0 spiro atoms. The maximum absolute atomic E-state index is 7.08. The second-order valence-corrected chi connectivity index (χ2v) is 21.3. The van der Waals surface area contributed by atoms with Crippen LogP contribution in [0.1, 0.15) is 113 Å². The lowest BCUT2D eigenvalue weighted by Gasteiger charge is -2.30. The van der Waals surface area contributed by atoms with E-state index in [1.807, 2.05) is 43.2 Å². The highest BCUT2D eigenvalue weighted by molar-refractivity contribution is 8.77. The molecule has 0 saturated carbocycles. The minimum absolute atomic E-state index is 0.0153. The summed E-state index contributed by atoms with van der Waals surface area (Å²) in [5.74, 6) is 6.81. The molecule has 0 aromatic heterocycles. The fourth-order valence-electron chi connectivity index (χ4n) is 4.60. The Bertz CT molecular complexity index is 1250. The molecule has 0 amide bonds. The molecule has 4 nitrogen and oxygen atoms in total. The Balaban J connectivity index is 1.76. The molecular formula is C38H55NO3S6. The van der Waals surface area contributed by atoms with Crippen LogP contribution in [0.15, 0.2) is 84.9 Å². The highest BCUT2D eigenvalue weighted by Crippen LogP contribution is 2.48. The van der Waals surface area contributed by atoms with E-state index in [0.717, 1.165) is 30.6 Å². The minimum Gasteiger partial charge on any atom is -0.359 e. The Labute approximate surface area is 314 Å². The molecule has 266 valence electrons. The molecular weight excluding hydrogens is 711 g/mol. The topological polar surface area (TPSA) is 53.7 Å². The highest BCUT2D eigenvalue weighted by atomic mass is 33.1. The third-order valence-electron chi connectivity index (χ3n) is 7.20. The Kier molecular flexibility index (Phi) is 20.3. The first-order valence-corrected chi connectivity index (χ1v) is 23.8. The summed E-state index contributed by atoms with van der Waals surface area (Å²) in [4.78, 5) is 5.33. The molecule has 3 rings (SSSR count). The van der Waals surface area contributed by atoms with Gasteiger partial charge in [-0.1, -0.05) is 177 Å². The second kappa shape index (κ2) is 23.2. The van der Waals surface area contributed by atoms with Crippen LogP contribution in [-0.4, -0.2) is 28.0 Å². The van der Waals surface area contributed by atoms with Crippen LogP contribution in [0.25, 0.3) is 0 Å². The first-order valence-electron chi connectivity index (χ1n) is 16.9. The van der Waals surface area contributed by atoms with Crippen molar-refractivity contribution < 1.29 is 14.3 Å². The van der Waals surface area contributed by atoms with E-state index in [1.165, 1.54) is 29.5 Å². The van der Waals surface area contributed by atoms with E-state index in [1.54, 1.807) is 21.6 Å². The third-order valence-corrected chi connectivity index (χ3v) is 16.3. The smallest absolute Gasteiger partial charge is 0.159 e. The monoisotopic (exact) mass is 765 g/mol. The molecule has 0 aliphatic heterocycles. The van der Waals surface area contributed by atoms with Gasteiger partial charge in [-0.25, -0.2) is 5.90 Å². The predicted octanol–water partition coefficient (Wildman–Crippen LogP) is 13.2. The van der Waals surface area contributed by atoms with E-state index in [9.17, 15) is 0 Å². The van der Waals surface area contributed by atoms with Gasteiger partial charge >= 0.3 is 0 Å². The molecule has 3 aromatic rings. The van der Waals surface area contributed by atoms with E-state index in [2.05, 4.69) is 133 Å². The average molecular weight is 766 g/mol. The minimum atomic E-state index is -0.202. The van der Waals surface area contributed by atoms with E-state index in [-0.39, 0.29) is 33.3 Å². The van der Waals surface area contributed by atoms with Gasteiger partial charge in [0.1, 0.15) is 10.9 Å². The van der Waals surface area contributed by atoms with Gasteiger partial charge in [-0.05, 0) is 75.6 Å². The normalized spacial score (nSPS) is 14.7. The summed E-state index contributed by atoms with van der Waals surface area (Å²) in [6.07, 6.45) is 5.41. The van der Waals surface area contributed by atoms with E-state index in [4.69, 9.17) is 20.2 Å². The number of hydrogen-bond donors (Lipinski definition) is 1. The van der Waals surface area contributed by atoms with Crippen molar-refractivity contribution in [2.45, 2.75) is 119 Å². The van der Waals surface area contributed by atoms with Crippen molar-refractivity contribution in [3.05, 3.63) is 107 Å². The number of hydrogen-bond acceptors (Lipinski definition) is 10. The van der Waals surface area contributed by atoms with Gasteiger partial charge in [0, 0.05) is 15.7 Å². The number of rotatable bonds is 24. The summed E-state index contributed by atoms with van der Waals surface area (Å²) in [6, 6.07) is 30.0. The first-order chi connectivity index (χ1) is 23.1. The zero-order valence-corrected chi connectivity index (χ0v) is 34.4. The van der Waals surface area contributed by atoms with Crippen molar-refractivity contribution in [2.75, 3.05) is 5.75 Å². The van der Waals surface area contributed by atoms with Crippen molar-refractivity contribution in [3.8, 4) is 0 Å². The molecule has 3 aromatic carbocycles. The van der Waals surface area contributed by atoms with Crippen LogP contribution in [0.3, 0.4) is 0 Å². The van der Waals surface area contributed by atoms with E-state index in [0.29, 0.717) is 5.25 Å². The molecule has 4 unspecified atom stereocenters. The Morgan fingerprint density at radius 3 is 1.81 bits per heavy atom. The summed E-state index contributed by atoms with van der Waals surface area (Å²) in [5.41, 5.74) is 4.50. The van der Waals surface area contributed by atoms with Crippen LogP contribution in [0.5, 0.6) is 0 Å². The van der Waals surface area contributed by atoms with Crippen molar-refractivity contribution in [2.24, 2.45) is 5.90 Å². The summed E-state index contributed by atoms with van der Waals surface area (Å²) in [7, 11) is 11.0. The second-order valence-electron chi connectivity index (χ2n) is 12.8. The summed E-state index contributed by atoms with van der Waals surface area (Å²) < 4.78 is 13.4. The third kappa shape index (κ3) is 16.3. The van der Waals surface area contributed by atoms with Crippen molar-refractivity contribution in [3.63, 3.8) is 0 Å². The van der Waals surface area contributed by atoms with Crippen LogP contribution in [0.4, 0.5) is 0 Å². The zero-order chi connectivity index (χ0) is 34.8. The summed E-state index contributed by atoms with van der Waals surface area (Å²) in [5, 5.41) is 0.494. The quantitative estimate of drug-likeness (QED) is 0.0413. The van der Waals surface area contributed by atoms with E-state index >= 15 is 0 Å². The molecule has 10 heteroatoms. The first kappa shape index (κ1) is 42.0. The zero-order valence-electron chi connectivity index (χ0n) is 29.5. The molecule has 0 saturated heterocycles. The van der Waals surface area contributed by atoms with Gasteiger partial charge in [-0.3, -0.25) is 4.84 Å². The van der Waals surface area contributed by atoms with Crippen LogP contribution < -0.4 is 5.90 Å². The van der Waals surface area contributed by atoms with Gasteiger partial charge in [0.25, 0.3) is 0 Å². The maximum Gasteiger partial charge on any atom is 0.159 e. The van der Waals surface area contributed by atoms with Gasteiger partial charge < -0.3 is 9.47 Å². The fourth-order valence-corrected chi connectivity index (χ4v) is 12.1. The van der Waals surface area contributed by atoms with Crippen molar-refractivity contribution in [1.82, 2.24) is 0 Å². The summed E-state index contributed by atoms with van der Waals surface area (Å²) >= 11 is 0. The van der Waals surface area contributed by atoms with Crippen molar-refractivity contribution >= 4 is 64.8 Å². The standard InChI is InChI=1S/C38H55NO3S6/c1-8-9-26-43-45-36(32-18-14-11-15-19-32)41-34(27-30-20-22-33(23-21-30)37(42-39)46-44-29(4)5)24-25-38(6,7)48-47-35(40-28(2)3)31-16-12-10-13-17-31/h10-23,28-29,34-37H,8-9,24-27,39H2,1-7H3. The van der Waals surface area contributed by atoms with Gasteiger partial charge in [0.05, 0.1) is 12.2 Å². The van der Waals surface area contributed by atoms with Crippen LogP contribution >= 0.6 is 64.8 Å². The fraction of sp³-hybridized carbons (Fsp3) is 0.526. The number of benzene rings is 3. The molecule has 0 aliphatic rings. The Morgan fingerprint density at radius 1 is 0.688 bits per heavy atom. The molecule has 0 fully saturated rings. The Hall–Kier alpha value is -0.400. The van der Waals surface area contributed by atoms with Gasteiger partial charge in [-0.15, -0.1) is 0 Å². The lowest BCUT2D eigenvalue weighted by Crippen LogP contribution is -2.23. The largest absolute Gasteiger partial charge is 0.359 e. The van der Waals surface area contributed by atoms with Crippen LogP contribution in [0, 0.1) is 0 Å². The number of ether oxygens (including phenoxy) is 2. The van der Waals surface area contributed by atoms with Crippen LogP contribution in [-0.2, 0) is 20.7 Å².